The van der Waals surface area contributed by atoms with Gasteiger partial charge in [-0.1, -0.05) is 19.8 Å². The van der Waals surface area contributed by atoms with E-state index in [9.17, 15) is 9.59 Å². The Hall–Kier alpha value is -2.00. The van der Waals surface area contributed by atoms with Crippen LogP contribution < -0.4 is 5.32 Å². The molecule has 0 aliphatic rings. The predicted octanol–water partition coefficient (Wildman–Crippen LogP) is 2.18. The quantitative estimate of drug-likeness (QED) is 0.596. The van der Waals surface area contributed by atoms with Crippen molar-refractivity contribution in [1.29, 1.82) is 0 Å². The van der Waals surface area contributed by atoms with Crippen molar-refractivity contribution >= 4 is 23.6 Å². The molecule has 0 unspecified atom stereocenters. The molecular weight excluding hydrogens is 288 g/mol. The van der Waals surface area contributed by atoms with Gasteiger partial charge < -0.3 is 10.4 Å². The molecule has 0 aliphatic carbocycles. The highest BCUT2D eigenvalue weighted by Crippen LogP contribution is 2.19. The first-order chi connectivity index (χ1) is 9.96. The molecule has 1 aromatic rings. The van der Waals surface area contributed by atoms with Crippen LogP contribution in [0.25, 0.3) is 0 Å². The second-order valence-electron chi connectivity index (χ2n) is 4.45. The summed E-state index contributed by atoms with van der Waals surface area (Å²) in [6, 6.07) is 3.10. The number of hydrogen-bond acceptors (Lipinski definition) is 4. The van der Waals surface area contributed by atoms with Gasteiger partial charge in [0.1, 0.15) is 11.2 Å². The van der Waals surface area contributed by atoms with Gasteiger partial charge in [0.05, 0.1) is 5.75 Å². The first-order valence-corrected chi connectivity index (χ1v) is 7.55. The van der Waals surface area contributed by atoms with Crippen molar-refractivity contribution in [3.63, 3.8) is 0 Å². The number of amides is 1. The van der Waals surface area contributed by atoms with E-state index in [4.69, 9.17) is 11.5 Å². The summed E-state index contributed by atoms with van der Waals surface area (Å²) in [5.41, 5.74) is -0.650. The third-order valence-electron chi connectivity index (χ3n) is 3.18. The van der Waals surface area contributed by atoms with Crippen molar-refractivity contribution in [3.8, 4) is 12.3 Å². The van der Waals surface area contributed by atoms with Crippen LogP contribution in [0, 0.1) is 12.3 Å². The first kappa shape index (κ1) is 17.1. The molecule has 0 bridgehead atoms. The maximum absolute atomic E-state index is 12.0. The average molecular weight is 306 g/mol. The van der Waals surface area contributed by atoms with Gasteiger partial charge in [-0.05, 0) is 25.0 Å². The number of aromatic nitrogens is 1. The lowest BCUT2D eigenvalue weighted by Crippen LogP contribution is -2.47. The zero-order chi connectivity index (χ0) is 15.9. The Morgan fingerprint density at radius 1 is 1.48 bits per heavy atom. The fourth-order valence-corrected chi connectivity index (χ4v) is 2.46. The van der Waals surface area contributed by atoms with Crippen molar-refractivity contribution in [3.05, 3.63) is 24.0 Å². The predicted molar refractivity (Wildman–Crippen MR) is 82.2 cm³/mol. The second-order valence-corrected chi connectivity index (χ2v) is 5.50. The van der Waals surface area contributed by atoms with Crippen LogP contribution in [0.5, 0.6) is 0 Å². The van der Waals surface area contributed by atoms with Crippen molar-refractivity contribution in [2.24, 2.45) is 0 Å². The van der Waals surface area contributed by atoms with Gasteiger partial charge in [0, 0.05) is 11.1 Å². The molecule has 1 heterocycles. The molecule has 6 heteroatoms. The number of nitrogens with zero attached hydrogens (tertiary/aromatic N) is 1. The lowest BCUT2D eigenvalue weighted by molar-refractivity contribution is -0.119. The summed E-state index contributed by atoms with van der Waals surface area (Å²) in [7, 11) is 0. The molecule has 2 N–H and O–H groups in total. The largest absolute Gasteiger partial charge is 0.477 e. The number of carboxylic acid groups (broad SMARTS) is 1. The van der Waals surface area contributed by atoms with Crippen LogP contribution in [0.15, 0.2) is 23.2 Å². The summed E-state index contributed by atoms with van der Waals surface area (Å²) in [5.74, 6) is 1.55. The molecule has 1 aromatic heterocycles. The zero-order valence-electron chi connectivity index (χ0n) is 12.0. The second kappa shape index (κ2) is 7.70. The molecule has 0 radical (unpaired) electrons. The molecule has 0 saturated carbocycles. The lowest BCUT2D eigenvalue weighted by atomic mass is 9.94. The molecule has 0 atom stereocenters. The van der Waals surface area contributed by atoms with E-state index in [2.05, 4.69) is 16.2 Å². The molecule has 0 aliphatic heterocycles. The van der Waals surface area contributed by atoms with E-state index < -0.39 is 11.5 Å². The van der Waals surface area contributed by atoms with Gasteiger partial charge in [-0.25, -0.2) is 9.78 Å². The van der Waals surface area contributed by atoms with Crippen molar-refractivity contribution in [2.75, 3.05) is 5.75 Å². The number of nitrogens with one attached hydrogen (secondary N) is 1. The Morgan fingerprint density at radius 2 is 2.14 bits per heavy atom. The van der Waals surface area contributed by atoms with Gasteiger partial charge >= 0.3 is 5.97 Å². The minimum atomic E-state index is -1.09. The molecule has 0 saturated heterocycles. The minimum Gasteiger partial charge on any atom is -0.477 e. The number of carbonyl (C=O) groups is 2. The normalized spacial score (nSPS) is 10.7. The van der Waals surface area contributed by atoms with Gasteiger partial charge in [-0.15, -0.1) is 18.2 Å². The van der Waals surface area contributed by atoms with Crippen molar-refractivity contribution in [2.45, 2.75) is 37.1 Å². The van der Waals surface area contributed by atoms with E-state index in [-0.39, 0.29) is 17.4 Å². The van der Waals surface area contributed by atoms with Crippen molar-refractivity contribution < 1.29 is 14.7 Å². The lowest BCUT2D eigenvalue weighted by Gasteiger charge is -2.26. The molecule has 5 nitrogen and oxygen atoms in total. The third kappa shape index (κ3) is 4.80. The summed E-state index contributed by atoms with van der Waals surface area (Å²) in [6.45, 7) is 3.86. The first-order valence-electron chi connectivity index (χ1n) is 6.57. The van der Waals surface area contributed by atoms with Gasteiger partial charge in [0.2, 0.25) is 5.91 Å². The minimum absolute atomic E-state index is 0.0412. The molecular formula is C15H18N2O3S. The maximum atomic E-state index is 12.0. The average Bonchev–Trinajstić information content (AvgIpc) is 2.51. The summed E-state index contributed by atoms with van der Waals surface area (Å²) < 4.78 is 0. The topological polar surface area (TPSA) is 79.3 Å². The molecule has 1 rings (SSSR count). The highest BCUT2D eigenvalue weighted by atomic mass is 32.2. The number of terminal acetylenes is 1. The summed E-state index contributed by atoms with van der Waals surface area (Å²) >= 11 is 1.25. The molecule has 0 fully saturated rings. The number of carbonyl (C=O) groups excluding carboxylic acids is 1. The van der Waals surface area contributed by atoms with E-state index in [0.29, 0.717) is 17.7 Å². The highest BCUT2D eigenvalue weighted by Gasteiger charge is 2.25. The highest BCUT2D eigenvalue weighted by molar-refractivity contribution is 8.00. The van der Waals surface area contributed by atoms with Crippen LogP contribution in [-0.2, 0) is 4.79 Å². The SMILES string of the molecule is C#CC(CC)(CC)NC(=O)CSc1ccnc(C(=O)O)c1. The Morgan fingerprint density at radius 3 is 2.67 bits per heavy atom. The molecule has 1 amide bonds. The molecule has 21 heavy (non-hydrogen) atoms. The van der Waals surface area contributed by atoms with Gasteiger partial charge in [0.25, 0.3) is 0 Å². The third-order valence-corrected chi connectivity index (χ3v) is 4.18. The van der Waals surface area contributed by atoms with Crippen LogP contribution in [0.3, 0.4) is 0 Å². The number of aromatic carboxylic acids is 1. The van der Waals surface area contributed by atoms with E-state index >= 15 is 0 Å². The number of rotatable bonds is 7. The van der Waals surface area contributed by atoms with Crippen LogP contribution >= 0.6 is 11.8 Å². The van der Waals surface area contributed by atoms with Crippen LogP contribution in [0.2, 0.25) is 0 Å². The van der Waals surface area contributed by atoms with E-state index in [1.807, 2.05) is 13.8 Å². The van der Waals surface area contributed by atoms with Crippen molar-refractivity contribution in [1.82, 2.24) is 10.3 Å². The standard InChI is InChI=1S/C15H18N2O3S/c1-4-15(5-2,6-3)17-13(18)10-21-11-7-8-16-12(9-11)14(19)20/h1,7-9H,5-6,10H2,2-3H3,(H,17,18)(H,19,20). The zero-order valence-corrected chi connectivity index (χ0v) is 12.9. The Labute approximate surface area is 128 Å². The van der Waals surface area contributed by atoms with Crippen LogP contribution in [0.4, 0.5) is 0 Å². The van der Waals surface area contributed by atoms with E-state index in [1.165, 1.54) is 24.0 Å². The van der Waals surface area contributed by atoms with E-state index in [0.717, 1.165) is 0 Å². The van der Waals surface area contributed by atoms with E-state index in [1.54, 1.807) is 6.07 Å². The molecule has 0 aromatic carbocycles. The Bertz CT molecular complexity index is 562. The summed E-state index contributed by atoms with van der Waals surface area (Å²) in [6.07, 6.45) is 8.23. The Balaban J connectivity index is 2.63. The van der Waals surface area contributed by atoms with Crippen LogP contribution in [-0.4, -0.2) is 33.3 Å². The van der Waals surface area contributed by atoms with Gasteiger partial charge in [-0.3, -0.25) is 4.79 Å². The monoisotopic (exact) mass is 306 g/mol. The van der Waals surface area contributed by atoms with Crippen LogP contribution in [0.1, 0.15) is 37.2 Å². The smallest absolute Gasteiger partial charge is 0.354 e. The fourth-order valence-electron chi connectivity index (χ4n) is 1.74. The van der Waals surface area contributed by atoms with Gasteiger partial charge in [0.15, 0.2) is 0 Å². The number of thioether (sulfide) groups is 1. The Kier molecular flexibility index (Phi) is 6.25. The summed E-state index contributed by atoms with van der Waals surface area (Å²) in [4.78, 5) is 27.2. The number of pyridine rings is 1. The summed E-state index contributed by atoms with van der Waals surface area (Å²) in [5, 5.41) is 11.7. The number of hydrogen-bond donors (Lipinski definition) is 2. The number of carboxylic acids is 1. The molecule has 0 spiro atoms. The fraction of sp³-hybridized carbons (Fsp3) is 0.400. The molecule has 112 valence electrons. The maximum Gasteiger partial charge on any atom is 0.354 e. The van der Waals surface area contributed by atoms with Gasteiger partial charge in [-0.2, -0.15) is 0 Å².